The molecule has 0 bridgehead atoms. The molecule has 1 amide bonds. The number of anilines is 1. The first kappa shape index (κ1) is 20.6. The second-order valence-corrected chi connectivity index (χ2v) is 8.18. The van der Waals surface area contributed by atoms with Crippen LogP contribution in [0.5, 0.6) is 0 Å². The van der Waals surface area contributed by atoms with Crippen LogP contribution in [-0.2, 0) is 6.54 Å². The molecule has 0 saturated carbocycles. The zero-order valence-corrected chi connectivity index (χ0v) is 17.5. The Hall–Kier alpha value is -2.67. The van der Waals surface area contributed by atoms with Crippen LogP contribution in [0.1, 0.15) is 40.1 Å². The van der Waals surface area contributed by atoms with Crippen molar-refractivity contribution in [3.63, 3.8) is 0 Å². The molecule has 7 heteroatoms. The molecule has 4 rings (SSSR count). The quantitative estimate of drug-likeness (QED) is 0.685. The van der Waals surface area contributed by atoms with E-state index in [9.17, 15) is 14.0 Å². The molecule has 0 radical (unpaired) electrons. The lowest BCUT2D eigenvalue weighted by Crippen LogP contribution is -2.46. The Labute approximate surface area is 176 Å². The standard InChI is InChI=1S/C23H29FN4O2/c1-25-12-9-21(29)20-8-13-28(22(20)23(25)30)11-3-2-10-26-14-16-27(17-15-26)19-6-4-18(24)5-7-19/h4-8,13H,2-3,9-12,14-17H2,1H3. The molecule has 1 aromatic carbocycles. The number of carbonyl (C=O) groups is 2. The molecule has 0 atom stereocenters. The zero-order chi connectivity index (χ0) is 21.1. The number of hydrogen-bond donors (Lipinski definition) is 0. The van der Waals surface area contributed by atoms with Crippen LogP contribution in [0.15, 0.2) is 36.5 Å². The molecule has 1 fully saturated rings. The van der Waals surface area contributed by atoms with Crippen molar-refractivity contribution < 1.29 is 14.0 Å². The summed E-state index contributed by atoms with van der Waals surface area (Å²) in [6, 6.07) is 8.51. The number of fused-ring (bicyclic) bond motifs is 1. The van der Waals surface area contributed by atoms with E-state index in [-0.39, 0.29) is 17.5 Å². The topological polar surface area (TPSA) is 48.8 Å². The Morgan fingerprint density at radius 2 is 1.60 bits per heavy atom. The fourth-order valence-electron chi connectivity index (χ4n) is 4.31. The summed E-state index contributed by atoms with van der Waals surface area (Å²) < 4.78 is 15.0. The van der Waals surface area contributed by atoms with Crippen molar-refractivity contribution in [2.75, 3.05) is 51.2 Å². The highest BCUT2D eigenvalue weighted by atomic mass is 19.1. The van der Waals surface area contributed by atoms with Gasteiger partial charge in [0.1, 0.15) is 11.5 Å². The van der Waals surface area contributed by atoms with Gasteiger partial charge in [0.2, 0.25) is 0 Å². The Kier molecular flexibility index (Phi) is 6.18. The van der Waals surface area contributed by atoms with Gasteiger partial charge >= 0.3 is 0 Å². The third kappa shape index (κ3) is 4.41. The van der Waals surface area contributed by atoms with Crippen LogP contribution in [0.3, 0.4) is 0 Å². The van der Waals surface area contributed by atoms with Crippen molar-refractivity contribution in [3.05, 3.63) is 53.6 Å². The maximum Gasteiger partial charge on any atom is 0.270 e. The molecule has 0 unspecified atom stereocenters. The zero-order valence-electron chi connectivity index (χ0n) is 17.5. The summed E-state index contributed by atoms with van der Waals surface area (Å²) in [7, 11) is 1.76. The maximum atomic E-state index is 13.1. The Bertz CT molecular complexity index is 900. The Morgan fingerprint density at radius 3 is 2.33 bits per heavy atom. The number of rotatable bonds is 6. The van der Waals surface area contributed by atoms with Crippen LogP contribution in [-0.4, -0.2) is 72.4 Å². The molecule has 3 heterocycles. The molecule has 0 aliphatic carbocycles. The Morgan fingerprint density at radius 1 is 0.900 bits per heavy atom. The smallest absolute Gasteiger partial charge is 0.270 e. The van der Waals surface area contributed by atoms with E-state index >= 15 is 0 Å². The van der Waals surface area contributed by atoms with Crippen LogP contribution in [0.4, 0.5) is 10.1 Å². The molecule has 30 heavy (non-hydrogen) atoms. The number of ketones is 1. The highest BCUT2D eigenvalue weighted by Gasteiger charge is 2.28. The van der Waals surface area contributed by atoms with Crippen molar-refractivity contribution in [1.29, 1.82) is 0 Å². The number of carbonyl (C=O) groups excluding carboxylic acids is 2. The summed E-state index contributed by atoms with van der Waals surface area (Å²) in [6.45, 7) is 6.13. The highest BCUT2D eigenvalue weighted by Crippen LogP contribution is 2.21. The predicted molar refractivity (Wildman–Crippen MR) is 115 cm³/mol. The number of hydrogen-bond acceptors (Lipinski definition) is 4. The summed E-state index contributed by atoms with van der Waals surface area (Å²) in [5, 5.41) is 0. The van der Waals surface area contributed by atoms with Gasteiger partial charge in [-0.05, 0) is 49.7 Å². The van der Waals surface area contributed by atoms with Gasteiger partial charge in [0.15, 0.2) is 5.78 Å². The average molecular weight is 413 g/mol. The number of aromatic nitrogens is 1. The summed E-state index contributed by atoms with van der Waals surface area (Å²) in [5.41, 5.74) is 2.20. The van der Waals surface area contributed by atoms with E-state index in [1.807, 2.05) is 22.9 Å². The van der Waals surface area contributed by atoms with Crippen molar-refractivity contribution in [2.45, 2.75) is 25.8 Å². The number of Topliss-reactive ketones (excluding diaryl/α,β-unsaturated/α-hetero) is 1. The molecule has 2 aromatic rings. The first-order valence-corrected chi connectivity index (χ1v) is 10.7. The second-order valence-electron chi connectivity index (χ2n) is 8.18. The van der Waals surface area contributed by atoms with Gasteiger partial charge in [0.25, 0.3) is 5.91 Å². The van der Waals surface area contributed by atoms with Crippen molar-refractivity contribution in [3.8, 4) is 0 Å². The molecular formula is C23H29FN4O2. The van der Waals surface area contributed by atoms with Gasteiger partial charge in [-0.15, -0.1) is 0 Å². The van der Waals surface area contributed by atoms with Gasteiger partial charge in [-0.1, -0.05) is 0 Å². The van der Waals surface area contributed by atoms with Gasteiger partial charge in [-0.3, -0.25) is 14.5 Å². The van der Waals surface area contributed by atoms with E-state index in [2.05, 4.69) is 9.80 Å². The monoisotopic (exact) mass is 412 g/mol. The minimum Gasteiger partial charge on any atom is -0.369 e. The number of piperazine rings is 1. The third-order valence-electron chi connectivity index (χ3n) is 6.17. The van der Waals surface area contributed by atoms with E-state index in [0.717, 1.165) is 57.8 Å². The summed E-state index contributed by atoms with van der Waals surface area (Å²) in [6.07, 6.45) is 4.27. The van der Waals surface area contributed by atoms with Gasteiger partial charge in [-0.25, -0.2) is 4.39 Å². The third-order valence-corrected chi connectivity index (χ3v) is 6.17. The Balaban J connectivity index is 1.24. The van der Waals surface area contributed by atoms with E-state index < -0.39 is 0 Å². The summed E-state index contributed by atoms with van der Waals surface area (Å²) in [5.74, 6) is -0.201. The second kappa shape index (κ2) is 9.00. The first-order chi connectivity index (χ1) is 14.5. The van der Waals surface area contributed by atoms with E-state index in [0.29, 0.717) is 24.2 Å². The number of benzene rings is 1. The molecule has 160 valence electrons. The van der Waals surface area contributed by atoms with Crippen LogP contribution in [0.2, 0.25) is 0 Å². The lowest BCUT2D eigenvalue weighted by Gasteiger charge is -2.36. The normalized spacial score (nSPS) is 17.9. The maximum absolute atomic E-state index is 13.1. The number of halogens is 1. The fraction of sp³-hybridized carbons (Fsp3) is 0.478. The number of aryl methyl sites for hydroxylation is 1. The predicted octanol–water partition coefficient (Wildman–Crippen LogP) is 2.89. The van der Waals surface area contributed by atoms with Crippen molar-refractivity contribution in [1.82, 2.24) is 14.4 Å². The van der Waals surface area contributed by atoms with Gasteiger partial charge in [0, 0.05) is 70.2 Å². The van der Waals surface area contributed by atoms with E-state index in [4.69, 9.17) is 0 Å². The molecule has 1 saturated heterocycles. The largest absolute Gasteiger partial charge is 0.369 e. The molecular weight excluding hydrogens is 383 g/mol. The van der Waals surface area contributed by atoms with Gasteiger partial charge in [0.05, 0.1) is 0 Å². The van der Waals surface area contributed by atoms with Gasteiger partial charge in [-0.2, -0.15) is 0 Å². The number of unbranched alkanes of at least 4 members (excludes halogenated alkanes) is 1. The molecule has 2 aliphatic rings. The van der Waals surface area contributed by atoms with E-state index in [1.54, 1.807) is 18.0 Å². The summed E-state index contributed by atoms with van der Waals surface area (Å²) in [4.78, 5) is 31.3. The lowest BCUT2D eigenvalue weighted by atomic mass is 10.1. The molecule has 0 N–H and O–H groups in total. The van der Waals surface area contributed by atoms with E-state index in [1.165, 1.54) is 12.1 Å². The number of amides is 1. The first-order valence-electron chi connectivity index (χ1n) is 10.7. The van der Waals surface area contributed by atoms with Gasteiger partial charge < -0.3 is 14.4 Å². The van der Waals surface area contributed by atoms with Crippen LogP contribution >= 0.6 is 0 Å². The van der Waals surface area contributed by atoms with Crippen molar-refractivity contribution in [2.24, 2.45) is 0 Å². The SMILES string of the molecule is CN1CCC(=O)c2ccn(CCCCN3CCN(c4ccc(F)cc4)CC3)c2C1=O. The minimum atomic E-state index is -0.199. The molecule has 2 aliphatic heterocycles. The minimum absolute atomic E-state index is 0.0560. The molecule has 6 nitrogen and oxygen atoms in total. The van der Waals surface area contributed by atoms with Crippen LogP contribution < -0.4 is 4.90 Å². The van der Waals surface area contributed by atoms with Crippen LogP contribution in [0.25, 0.3) is 0 Å². The highest BCUT2D eigenvalue weighted by molar-refractivity contribution is 6.08. The lowest BCUT2D eigenvalue weighted by molar-refractivity contribution is 0.0787. The average Bonchev–Trinajstić information content (AvgIpc) is 3.15. The summed E-state index contributed by atoms with van der Waals surface area (Å²) >= 11 is 0. The molecule has 1 aromatic heterocycles. The van der Waals surface area contributed by atoms with Crippen molar-refractivity contribution >= 4 is 17.4 Å². The molecule has 0 spiro atoms. The number of nitrogens with zero attached hydrogens (tertiary/aromatic N) is 4. The fourth-order valence-corrected chi connectivity index (χ4v) is 4.31. The van der Waals surface area contributed by atoms with Crippen LogP contribution in [0, 0.1) is 5.82 Å².